The fourth-order valence-electron chi connectivity index (χ4n) is 8.11. The van der Waals surface area contributed by atoms with E-state index >= 15 is 0 Å². The zero-order valence-electron chi connectivity index (χ0n) is 33.6. The van der Waals surface area contributed by atoms with Gasteiger partial charge in [0, 0.05) is 6.42 Å². The smallest absolute Gasteiger partial charge is 0.332 e. The Morgan fingerprint density at radius 3 is 2.16 bits per heavy atom. The molecular weight excluding hydrogens is 641 g/mol. The predicted octanol–water partition coefficient (Wildman–Crippen LogP) is 11.8. The van der Waals surface area contributed by atoms with Crippen molar-refractivity contribution in [3.63, 3.8) is 0 Å². The van der Waals surface area contributed by atoms with Gasteiger partial charge < -0.3 is 18.3 Å². The number of hydrogen-bond acceptors (Lipinski definition) is 5. The van der Waals surface area contributed by atoms with E-state index in [0.29, 0.717) is 5.92 Å². The molecule has 4 rings (SSSR count). The van der Waals surface area contributed by atoms with Crippen LogP contribution in [-0.2, 0) is 23.1 Å². The van der Waals surface area contributed by atoms with E-state index in [4.69, 9.17) is 18.3 Å². The van der Waals surface area contributed by atoms with Crippen LogP contribution in [0.3, 0.4) is 0 Å². The van der Waals surface area contributed by atoms with Crippen molar-refractivity contribution < 1.29 is 23.1 Å². The summed E-state index contributed by atoms with van der Waals surface area (Å²) in [6, 6.07) is 0. The van der Waals surface area contributed by atoms with E-state index in [2.05, 4.69) is 106 Å². The zero-order valence-corrected chi connectivity index (χ0v) is 35.6. The van der Waals surface area contributed by atoms with Crippen LogP contribution in [0.5, 0.6) is 0 Å². The van der Waals surface area contributed by atoms with E-state index in [1.165, 1.54) is 29.6 Å². The van der Waals surface area contributed by atoms with Crippen LogP contribution in [0.25, 0.3) is 0 Å². The first-order chi connectivity index (χ1) is 22.6. The molecular formula is C42H72O5Si2. The van der Waals surface area contributed by atoms with Crippen LogP contribution in [0.4, 0.5) is 0 Å². The molecule has 0 radical (unpaired) electrons. The molecule has 7 heteroatoms. The first kappa shape index (κ1) is 40.5. The summed E-state index contributed by atoms with van der Waals surface area (Å²) in [5.74, 6) is 0.238. The molecule has 3 fully saturated rings. The van der Waals surface area contributed by atoms with Crippen LogP contribution in [0.15, 0.2) is 47.1 Å². The molecule has 0 bridgehead atoms. The highest BCUT2D eigenvalue weighted by Gasteiger charge is 2.47. The molecule has 5 atom stereocenters. The number of hydrogen-bond donors (Lipinski definition) is 0. The molecule has 0 unspecified atom stereocenters. The summed E-state index contributed by atoms with van der Waals surface area (Å²) < 4.78 is 26.2. The van der Waals surface area contributed by atoms with E-state index in [-0.39, 0.29) is 52.5 Å². The van der Waals surface area contributed by atoms with Crippen molar-refractivity contribution in [1.29, 1.82) is 0 Å². The predicted molar refractivity (Wildman–Crippen MR) is 210 cm³/mol. The fourth-order valence-corrected chi connectivity index (χ4v) is 10.8. The van der Waals surface area contributed by atoms with Gasteiger partial charge >= 0.3 is 5.97 Å². The number of rotatable bonds is 10. The SMILES string of the molecule is C=C1C(=CC=C2CCC[C@]3(C)C([C@H](C)OCC(=O)OC4CCCCCC4)=CC[C@@H]23)C[C@@H](O[Si](C)(C)C(C)(C)C)C[C@@H]1O[Si](C)(C)C(C)(C)C. The van der Waals surface area contributed by atoms with E-state index < -0.39 is 16.6 Å². The van der Waals surface area contributed by atoms with Gasteiger partial charge in [0.2, 0.25) is 0 Å². The lowest BCUT2D eigenvalue weighted by atomic mass is 9.63. The van der Waals surface area contributed by atoms with Gasteiger partial charge in [-0.25, -0.2) is 4.79 Å². The van der Waals surface area contributed by atoms with E-state index in [9.17, 15) is 4.79 Å². The standard InChI is InChI=1S/C42H72O5Si2/c1-30-33(27-35(46-48(10,11)40(3,4)5)28-38(30)47-49(12,13)41(6,7)8)23-22-32-19-18-26-42(9)36(24-25-37(32)42)31(2)44-29-39(43)45-34-20-16-14-15-17-21-34/h22-24,31,34-35,37-38H,1,14-21,25-29H2,2-13H3/t31-,35+,37-,38-,42+/m0/s1. The first-order valence-electron chi connectivity index (χ1n) is 19.6. The Hall–Kier alpha value is -1.26. The highest BCUT2D eigenvalue weighted by Crippen LogP contribution is 2.56. The second kappa shape index (κ2) is 15.8. The maximum absolute atomic E-state index is 12.7. The third-order valence-electron chi connectivity index (χ3n) is 13.3. The molecule has 0 heterocycles. The number of allylic oxidation sites excluding steroid dienone is 4. The summed E-state index contributed by atoms with van der Waals surface area (Å²) >= 11 is 0. The molecule has 0 aromatic carbocycles. The van der Waals surface area contributed by atoms with Crippen molar-refractivity contribution >= 4 is 22.6 Å². The maximum atomic E-state index is 12.7. The fraction of sp³-hybridized carbons (Fsp3) is 0.786. The Bertz CT molecular complexity index is 1270. The summed E-state index contributed by atoms with van der Waals surface area (Å²) in [6.07, 6.45) is 20.3. The van der Waals surface area contributed by atoms with Crippen molar-refractivity contribution in [2.45, 2.75) is 193 Å². The molecule has 0 saturated heterocycles. The molecule has 3 saturated carbocycles. The Morgan fingerprint density at radius 1 is 0.939 bits per heavy atom. The Balaban J connectivity index is 1.49. The first-order valence-corrected chi connectivity index (χ1v) is 25.4. The lowest BCUT2D eigenvalue weighted by molar-refractivity contribution is -0.156. The molecule has 0 spiro atoms. The molecule has 0 N–H and O–H groups in total. The number of fused-ring (bicyclic) bond motifs is 1. The van der Waals surface area contributed by atoms with Crippen LogP contribution in [0.2, 0.25) is 36.3 Å². The highest BCUT2D eigenvalue weighted by molar-refractivity contribution is 6.74. The quantitative estimate of drug-likeness (QED) is 0.0977. The highest BCUT2D eigenvalue weighted by atomic mass is 28.4. The van der Waals surface area contributed by atoms with Gasteiger partial charge in [0.15, 0.2) is 16.6 Å². The van der Waals surface area contributed by atoms with Crippen LogP contribution in [0.1, 0.15) is 132 Å². The van der Waals surface area contributed by atoms with Gasteiger partial charge in [0.05, 0.1) is 18.3 Å². The summed E-state index contributed by atoms with van der Waals surface area (Å²) in [4.78, 5) is 12.7. The second-order valence-corrected chi connectivity index (χ2v) is 28.6. The number of esters is 1. The lowest BCUT2D eigenvalue weighted by Gasteiger charge is -2.45. The summed E-state index contributed by atoms with van der Waals surface area (Å²) in [5, 5.41) is 0.279. The minimum Gasteiger partial charge on any atom is -0.461 e. The van der Waals surface area contributed by atoms with Gasteiger partial charge in [0.25, 0.3) is 0 Å². The lowest BCUT2D eigenvalue weighted by Crippen LogP contribution is -2.49. The Kier molecular flexibility index (Phi) is 13.0. The van der Waals surface area contributed by atoms with Crippen molar-refractivity contribution in [3.05, 3.63) is 47.1 Å². The average molecular weight is 713 g/mol. The van der Waals surface area contributed by atoms with Crippen LogP contribution < -0.4 is 0 Å². The van der Waals surface area contributed by atoms with Gasteiger partial charge in [-0.15, -0.1) is 0 Å². The van der Waals surface area contributed by atoms with E-state index in [1.54, 1.807) is 0 Å². The molecule has 5 nitrogen and oxygen atoms in total. The van der Waals surface area contributed by atoms with Crippen molar-refractivity contribution in [1.82, 2.24) is 0 Å². The van der Waals surface area contributed by atoms with Crippen molar-refractivity contribution in [2.75, 3.05) is 6.61 Å². The minimum atomic E-state index is -2.01. The normalized spacial score (nSPS) is 30.2. The molecule has 0 aromatic rings. The third kappa shape index (κ3) is 9.80. The van der Waals surface area contributed by atoms with E-state index in [0.717, 1.165) is 69.8 Å². The molecule has 0 amide bonds. The Morgan fingerprint density at radius 2 is 1.55 bits per heavy atom. The average Bonchev–Trinajstić information content (AvgIpc) is 3.14. The summed E-state index contributed by atoms with van der Waals surface area (Å²) in [7, 11) is -3.98. The maximum Gasteiger partial charge on any atom is 0.332 e. The summed E-state index contributed by atoms with van der Waals surface area (Å²) in [6.45, 7) is 32.6. The summed E-state index contributed by atoms with van der Waals surface area (Å²) in [5.41, 5.74) is 5.34. The van der Waals surface area contributed by atoms with E-state index in [1.807, 2.05) is 0 Å². The van der Waals surface area contributed by atoms with Gasteiger partial charge in [-0.05, 0) is 129 Å². The van der Waals surface area contributed by atoms with Crippen LogP contribution in [0, 0.1) is 11.3 Å². The molecule has 0 aromatic heterocycles. The molecule has 0 aliphatic heterocycles. The van der Waals surface area contributed by atoms with Gasteiger partial charge in [-0.2, -0.15) is 0 Å². The van der Waals surface area contributed by atoms with Crippen molar-refractivity contribution in [2.24, 2.45) is 11.3 Å². The van der Waals surface area contributed by atoms with Crippen LogP contribution >= 0.6 is 0 Å². The van der Waals surface area contributed by atoms with Gasteiger partial charge in [-0.3, -0.25) is 0 Å². The number of carbonyl (C=O) groups is 1. The molecule has 4 aliphatic carbocycles. The minimum absolute atomic E-state index is 0.0160. The van der Waals surface area contributed by atoms with Gasteiger partial charge in [-0.1, -0.05) is 91.7 Å². The third-order valence-corrected chi connectivity index (χ3v) is 22.4. The molecule has 49 heavy (non-hydrogen) atoms. The Labute approximate surface area is 303 Å². The number of carbonyl (C=O) groups excluding carboxylic acids is 1. The monoisotopic (exact) mass is 712 g/mol. The number of ether oxygens (including phenoxy) is 2. The second-order valence-electron chi connectivity index (χ2n) is 19.0. The molecule has 278 valence electrons. The largest absolute Gasteiger partial charge is 0.461 e. The topological polar surface area (TPSA) is 54.0 Å². The van der Waals surface area contributed by atoms with Gasteiger partial charge in [0.1, 0.15) is 12.7 Å². The van der Waals surface area contributed by atoms with Crippen LogP contribution in [-0.4, -0.2) is 53.6 Å². The molecule has 4 aliphatic rings. The zero-order chi connectivity index (χ0) is 36.4. The van der Waals surface area contributed by atoms with Crippen molar-refractivity contribution in [3.8, 4) is 0 Å².